The lowest BCUT2D eigenvalue weighted by Gasteiger charge is -2.33. The zero-order valence-corrected chi connectivity index (χ0v) is 13.9. The highest BCUT2D eigenvalue weighted by Crippen LogP contribution is 2.33. The van der Waals surface area contributed by atoms with E-state index >= 15 is 0 Å². The van der Waals surface area contributed by atoms with Crippen LogP contribution in [-0.2, 0) is 9.53 Å². The van der Waals surface area contributed by atoms with E-state index < -0.39 is 24.0 Å². The van der Waals surface area contributed by atoms with Gasteiger partial charge in [0.05, 0.1) is 30.3 Å². The van der Waals surface area contributed by atoms with Crippen molar-refractivity contribution in [3.05, 3.63) is 29.8 Å². The molecule has 8 heteroatoms. The van der Waals surface area contributed by atoms with Crippen LogP contribution in [0.5, 0.6) is 0 Å². The van der Waals surface area contributed by atoms with Crippen molar-refractivity contribution in [2.75, 3.05) is 31.6 Å². The van der Waals surface area contributed by atoms with Gasteiger partial charge < -0.3 is 10.1 Å². The van der Waals surface area contributed by atoms with Crippen LogP contribution in [0, 0.1) is 5.92 Å². The zero-order chi connectivity index (χ0) is 18.4. The number of halogens is 3. The Morgan fingerprint density at radius 1 is 1.32 bits per heavy atom. The van der Waals surface area contributed by atoms with Gasteiger partial charge in [-0.15, -0.1) is 0 Å². The molecule has 1 saturated heterocycles. The number of hydrogen-bond acceptors (Lipinski definition) is 4. The molecule has 2 rings (SSSR count). The molecule has 0 saturated carbocycles. The summed E-state index contributed by atoms with van der Waals surface area (Å²) in [5.41, 5.74) is 0.500. The summed E-state index contributed by atoms with van der Waals surface area (Å²) < 4.78 is 43.4. The lowest BCUT2D eigenvalue weighted by Crippen LogP contribution is -2.44. The molecule has 5 nitrogen and oxygen atoms in total. The van der Waals surface area contributed by atoms with Crippen LogP contribution in [0.15, 0.2) is 24.3 Å². The van der Waals surface area contributed by atoms with E-state index in [9.17, 15) is 22.8 Å². The minimum absolute atomic E-state index is 0.0906. The van der Waals surface area contributed by atoms with Crippen LogP contribution >= 0.6 is 0 Å². The highest BCUT2D eigenvalue weighted by atomic mass is 19.4. The molecule has 0 unspecified atom stereocenters. The maximum atomic E-state index is 12.8. The van der Waals surface area contributed by atoms with E-state index in [0.29, 0.717) is 13.0 Å². The van der Waals surface area contributed by atoms with Crippen molar-refractivity contribution in [3.8, 4) is 0 Å². The third-order valence-corrected chi connectivity index (χ3v) is 4.03. The van der Waals surface area contributed by atoms with Gasteiger partial charge in [-0.1, -0.05) is 12.1 Å². The number of esters is 1. The summed E-state index contributed by atoms with van der Waals surface area (Å²) in [5, 5.41) is 2.59. The first-order valence-corrected chi connectivity index (χ1v) is 8.16. The molecule has 1 amide bonds. The number of carbonyl (C=O) groups excluding carboxylic acids is 2. The van der Waals surface area contributed by atoms with Gasteiger partial charge in [-0.25, -0.2) is 4.79 Å². The van der Waals surface area contributed by atoms with Crippen LogP contribution in [0.1, 0.15) is 30.1 Å². The molecule has 1 aliphatic rings. The summed E-state index contributed by atoms with van der Waals surface area (Å²) in [6, 6.07) is 6.37. The third kappa shape index (κ3) is 5.45. The van der Waals surface area contributed by atoms with E-state index in [2.05, 4.69) is 5.32 Å². The maximum Gasteiger partial charge on any atom is 0.393 e. The molecule has 0 spiro atoms. The number of likely N-dealkylation sites (tertiary alicyclic amines) is 1. The number of amides is 1. The summed E-state index contributed by atoms with van der Waals surface area (Å²) in [6.07, 6.45) is -3.75. The Morgan fingerprint density at radius 2 is 2.04 bits per heavy atom. The molecule has 1 N–H and O–H groups in total. The average molecular weight is 358 g/mol. The second kappa shape index (κ2) is 8.33. The van der Waals surface area contributed by atoms with Gasteiger partial charge in [0.1, 0.15) is 0 Å². The summed E-state index contributed by atoms with van der Waals surface area (Å²) in [7, 11) is 0. The van der Waals surface area contributed by atoms with Gasteiger partial charge in [-0.3, -0.25) is 9.69 Å². The Hall–Kier alpha value is -2.09. The molecular formula is C17H21F3N2O3. The van der Waals surface area contributed by atoms with Gasteiger partial charge in [0, 0.05) is 6.54 Å². The third-order valence-electron chi connectivity index (χ3n) is 4.03. The number of para-hydroxylation sites is 1. The van der Waals surface area contributed by atoms with Crippen LogP contribution in [0.25, 0.3) is 0 Å². The first-order chi connectivity index (χ1) is 11.8. The average Bonchev–Trinajstić information content (AvgIpc) is 2.55. The Bertz CT molecular complexity index is 619. The fourth-order valence-corrected chi connectivity index (χ4v) is 2.84. The first-order valence-electron chi connectivity index (χ1n) is 8.16. The van der Waals surface area contributed by atoms with Crippen molar-refractivity contribution in [1.82, 2.24) is 4.90 Å². The number of benzene rings is 1. The predicted octanol–water partition coefficient (Wildman–Crippen LogP) is 3.08. The quantitative estimate of drug-likeness (QED) is 0.822. The molecule has 138 valence electrons. The van der Waals surface area contributed by atoms with E-state index in [4.69, 9.17) is 4.74 Å². The summed E-state index contributed by atoms with van der Waals surface area (Å²) in [5.74, 6) is -2.42. The Labute approximate surface area is 144 Å². The molecule has 0 aliphatic carbocycles. The minimum Gasteiger partial charge on any atom is -0.462 e. The molecule has 1 atom stereocenters. The van der Waals surface area contributed by atoms with Crippen LogP contribution in [0.2, 0.25) is 0 Å². The largest absolute Gasteiger partial charge is 0.462 e. The van der Waals surface area contributed by atoms with Gasteiger partial charge in [-0.05, 0) is 38.4 Å². The van der Waals surface area contributed by atoms with E-state index in [0.717, 1.165) is 0 Å². The van der Waals surface area contributed by atoms with Crippen molar-refractivity contribution in [1.29, 1.82) is 0 Å². The van der Waals surface area contributed by atoms with E-state index in [1.165, 1.54) is 11.0 Å². The van der Waals surface area contributed by atoms with Crippen LogP contribution < -0.4 is 5.32 Å². The number of piperidine rings is 1. The first kappa shape index (κ1) is 19.2. The van der Waals surface area contributed by atoms with E-state index in [1.807, 2.05) is 0 Å². The topological polar surface area (TPSA) is 58.6 Å². The van der Waals surface area contributed by atoms with Gasteiger partial charge in [0.25, 0.3) is 0 Å². The Balaban J connectivity index is 1.98. The molecule has 25 heavy (non-hydrogen) atoms. The number of ether oxygens (including phenoxy) is 1. The fourth-order valence-electron chi connectivity index (χ4n) is 2.84. The molecule has 1 aliphatic heterocycles. The van der Waals surface area contributed by atoms with Crippen molar-refractivity contribution in [2.45, 2.75) is 25.9 Å². The minimum atomic E-state index is -4.24. The number of hydrogen-bond donors (Lipinski definition) is 1. The number of nitrogens with zero attached hydrogens (tertiary/aromatic N) is 1. The van der Waals surface area contributed by atoms with E-state index in [-0.39, 0.29) is 37.4 Å². The van der Waals surface area contributed by atoms with Crippen LogP contribution in [0.4, 0.5) is 18.9 Å². The van der Waals surface area contributed by atoms with Gasteiger partial charge in [0.15, 0.2) is 0 Å². The molecular weight excluding hydrogens is 337 g/mol. The monoisotopic (exact) mass is 358 g/mol. The second-order valence-electron chi connectivity index (χ2n) is 5.93. The molecule has 1 heterocycles. The number of anilines is 1. The maximum absolute atomic E-state index is 12.8. The summed E-state index contributed by atoms with van der Waals surface area (Å²) in [4.78, 5) is 25.6. The highest BCUT2D eigenvalue weighted by Gasteiger charge is 2.41. The SMILES string of the molecule is CCOC(=O)c1ccccc1NC(=O)CN1CCC[C@H](C(F)(F)F)C1. The second-order valence-corrected chi connectivity index (χ2v) is 5.93. The van der Waals surface area contributed by atoms with Crippen LogP contribution in [-0.4, -0.2) is 49.2 Å². The molecule has 0 aromatic heterocycles. The Kier molecular flexibility index (Phi) is 6.41. The number of carbonyl (C=O) groups is 2. The van der Waals surface area contributed by atoms with Crippen LogP contribution in [0.3, 0.4) is 0 Å². The Morgan fingerprint density at radius 3 is 2.72 bits per heavy atom. The highest BCUT2D eigenvalue weighted by molar-refractivity contribution is 6.01. The lowest BCUT2D eigenvalue weighted by atomic mass is 9.97. The van der Waals surface area contributed by atoms with Crippen molar-refractivity contribution in [3.63, 3.8) is 0 Å². The van der Waals surface area contributed by atoms with Crippen molar-refractivity contribution in [2.24, 2.45) is 5.92 Å². The summed E-state index contributed by atoms with van der Waals surface area (Å²) in [6.45, 7) is 1.99. The standard InChI is InChI=1S/C17H21F3N2O3/c1-2-25-16(24)13-7-3-4-8-14(13)21-15(23)11-22-9-5-6-12(10-22)17(18,19)20/h3-4,7-8,12H,2,5-6,9-11H2,1H3,(H,21,23)/t12-/m0/s1. The number of alkyl halides is 3. The van der Waals surface area contributed by atoms with Crippen molar-refractivity contribution < 1.29 is 27.5 Å². The summed E-state index contributed by atoms with van der Waals surface area (Å²) >= 11 is 0. The molecule has 1 aromatic carbocycles. The smallest absolute Gasteiger partial charge is 0.393 e. The number of rotatable bonds is 5. The van der Waals surface area contributed by atoms with Crippen molar-refractivity contribution >= 4 is 17.6 Å². The van der Waals surface area contributed by atoms with Gasteiger partial charge in [0.2, 0.25) is 5.91 Å². The fraction of sp³-hybridized carbons (Fsp3) is 0.529. The normalized spacial score (nSPS) is 18.6. The van der Waals surface area contributed by atoms with Gasteiger partial charge in [-0.2, -0.15) is 13.2 Å². The molecule has 0 bridgehead atoms. The zero-order valence-electron chi connectivity index (χ0n) is 13.9. The van der Waals surface area contributed by atoms with E-state index in [1.54, 1.807) is 25.1 Å². The number of nitrogens with one attached hydrogen (secondary N) is 1. The van der Waals surface area contributed by atoms with Gasteiger partial charge >= 0.3 is 12.1 Å². The molecule has 1 fully saturated rings. The molecule has 1 aromatic rings. The lowest BCUT2D eigenvalue weighted by molar-refractivity contribution is -0.186. The predicted molar refractivity (Wildman–Crippen MR) is 86.2 cm³/mol. The molecule has 0 radical (unpaired) electrons.